The molecule has 0 atom stereocenters. The maximum absolute atomic E-state index is 12.5. The smallest absolute Gasteiger partial charge is 0.255 e. The normalized spacial score (nSPS) is 11.2. The Morgan fingerprint density at radius 2 is 1.64 bits per heavy atom. The molecule has 0 unspecified atom stereocenters. The van der Waals surface area contributed by atoms with Gasteiger partial charge in [0.05, 0.1) is 4.90 Å². The van der Waals surface area contributed by atoms with E-state index >= 15 is 0 Å². The van der Waals surface area contributed by atoms with Gasteiger partial charge in [0, 0.05) is 22.8 Å². The van der Waals surface area contributed by atoms with Gasteiger partial charge >= 0.3 is 0 Å². The molecule has 0 saturated carbocycles. The summed E-state index contributed by atoms with van der Waals surface area (Å²) in [7, 11) is -3.66. The van der Waals surface area contributed by atoms with Crippen molar-refractivity contribution in [1.82, 2.24) is 4.72 Å². The fourth-order valence-electron chi connectivity index (χ4n) is 2.60. The van der Waals surface area contributed by atoms with Crippen LogP contribution in [0.3, 0.4) is 0 Å². The first-order valence-corrected chi connectivity index (χ1v) is 10.4. The van der Waals surface area contributed by atoms with Crippen LogP contribution in [0.25, 0.3) is 0 Å². The van der Waals surface area contributed by atoms with Crippen LogP contribution in [0.5, 0.6) is 0 Å². The summed E-state index contributed by atoms with van der Waals surface area (Å²) in [5.41, 5.74) is 2.52. The molecular weight excluding hydrogens is 396 g/mol. The molecule has 0 bridgehead atoms. The predicted octanol–water partition coefficient (Wildman–Crippen LogP) is 4.38. The van der Waals surface area contributed by atoms with Crippen molar-refractivity contribution in [3.63, 3.8) is 0 Å². The predicted molar refractivity (Wildman–Crippen MR) is 111 cm³/mol. The lowest BCUT2D eigenvalue weighted by molar-refractivity contribution is 0.102. The van der Waals surface area contributed by atoms with Gasteiger partial charge in [0.25, 0.3) is 5.91 Å². The number of benzene rings is 3. The average molecular weight is 415 g/mol. The number of halogens is 1. The Morgan fingerprint density at radius 1 is 0.964 bits per heavy atom. The number of carbonyl (C=O) groups is 1. The topological polar surface area (TPSA) is 75.3 Å². The van der Waals surface area contributed by atoms with E-state index in [0.29, 0.717) is 21.8 Å². The minimum Gasteiger partial charge on any atom is -0.322 e. The third-order valence-corrected chi connectivity index (χ3v) is 5.82. The molecule has 7 heteroatoms. The number of aryl methyl sites for hydroxylation is 1. The van der Waals surface area contributed by atoms with Crippen LogP contribution in [0.1, 0.15) is 21.5 Å². The molecule has 3 aromatic carbocycles. The van der Waals surface area contributed by atoms with E-state index in [9.17, 15) is 13.2 Å². The quantitative estimate of drug-likeness (QED) is 0.628. The van der Waals surface area contributed by atoms with E-state index < -0.39 is 10.0 Å². The molecular formula is C21H19ClN2O3S. The number of rotatable bonds is 6. The highest BCUT2D eigenvalue weighted by Gasteiger charge is 2.16. The monoisotopic (exact) mass is 414 g/mol. The van der Waals surface area contributed by atoms with Gasteiger partial charge in [0.2, 0.25) is 10.0 Å². The molecule has 1 amide bonds. The molecule has 0 aliphatic rings. The van der Waals surface area contributed by atoms with E-state index in [0.717, 1.165) is 5.56 Å². The summed E-state index contributed by atoms with van der Waals surface area (Å²) in [6, 6.07) is 20.4. The highest BCUT2D eigenvalue weighted by molar-refractivity contribution is 7.89. The van der Waals surface area contributed by atoms with Crippen LogP contribution in [0, 0.1) is 6.92 Å². The molecule has 3 rings (SSSR count). The van der Waals surface area contributed by atoms with Crippen LogP contribution >= 0.6 is 11.6 Å². The van der Waals surface area contributed by atoms with Crippen LogP contribution in [0.2, 0.25) is 5.02 Å². The van der Waals surface area contributed by atoms with Crippen molar-refractivity contribution in [3.05, 3.63) is 94.5 Å². The standard InChI is InChI=1S/C21H19ClN2O3S/c1-15-13-19(28(26,27)23-14-16-5-3-2-4-6-16)11-12-20(15)24-21(25)17-7-9-18(22)10-8-17/h2-13,23H,14H2,1H3,(H,24,25). The Kier molecular flexibility index (Phi) is 6.14. The molecule has 28 heavy (non-hydrogen) atoms. The molecule has 0 aromatic heterocycles. The van der Waals surface area contributed by atoms with E-state index in [-0.39, 0.29) is 17.3 Å². The zero-order chi connectivity index (χ0) is 20.1. The first kappa shape index (κ1) is 20.1. The molecule has 144 valence electrons. The summed E-state index contributed by atoms with van der Waals surface area (Å²) >= 11 is 5.83. The summed E-state index contributed by atoms with van der Waals surface area (Å²) in [5.74, 6) is -0.294. The third-order valence-electron chi connectivity index (χ3n) is 4.17. The van der Waals surface area contributed by atoms with Crippen molar-refractivity contribution in [2.45, 2.75) is 18.4 Å². The van der Waals surface area contributed by atoms with E-state index in [4.69, 9.17) is 11.6 Å². The SMILES string of the molecule is Cc1cc(S(=O)(=O)NCc2ccccc2)ccc1NC(=O)c1ccc(Cl)cc1. The highest BCUT2D eigenvalue weighted by atomic mass is 35.5. The largest absolute Gasteiger partial charge is 0.322 e. The van der Waals surface area contributed by atoms with Crippen molar-refractivity contribution < 1.29 is 13.2 Å². The van der Waals surface area contributed by atoms with Gasteiger partial charge in [-0.2, -0.15) is 0 Å². The van der Waals surface area contributed by atoms with Crippen molar-refractivity contribution in [1.29, 1.82) is 0 Å². The van der Waals surface area contributed by atoms with Gasteiger partial charge < -0.3 is 5.32 Å². The number of amides is 1. The van der Waals surface area contributed by atoms with Gasteiger partial charge in [-0.3, -0.25) is 4.79 Å². The zero-order valence-corrected chi connectivity index (χ0v) is 16.7. The Bertz CT molecular complexity index is 1080. The molecule has 3 aromatic rings. The number of anilines is 1. The molecule has 0 radical (unpaired) electrons. The fourth-order valence-corrected chi connectivity index (χ4v) is 3.83. The summed E-state index contributed by atoms with van der Waals surface area (Å²) in [4.78, 5) is 12.5. The highest BCUT2D eigenvalue weighted by Crippen LogP contribution is 2.21. The fraction of sp³-hybridized carbons (Fsp3) is 0.0952. The molecule has 0 heterocycles. The van der Waals surface area contributed by atoms with Crippen LogP contribution in [-0.4, -0.2) is 14.3 Å². The van der Waals surface area contributed by atoms with Gasteiger partial charge in [-0.25, -0.2) is 13.1 Å². The Balaban J connectivity index is 1.72. The maximum atomic E-state index is 12.5. The second kappa shape index (κ2) is 8.56. The lowest BCUT2D eigenvalue weighted by atomic mass is 10.1. The van der Waals surface area contributed by atoms with Gasteiger partial charge in [0.1, 0.15) is 0 Å². The van der Waals surface area contributed by atoms with E-state index in [2.05, 4.69) is 10.0 Å². The first-order valence-electron chi connectivity index (χ1n) is 8.56. The van der Waals surface area contributed by atoms with E-state index in [1.165, 1.54) is 12.1 Å². The molecule has 0 aliphatic carbocycles. The summed E-state index contributed by atoms with van der Waals surface area (Å²) in [6.07, 6.45) is 0. The number of sulfonamides is 1. The van der Waals surface area contributed by atoms with Gasteiger partial charge in [-0.1, -0.05) is 41.9 Å². The molecule has 0 saturated heterocycles. The molecule has 0 aliphatic heterocycles. The molecule has 0 spiro atoms. The van der Waals surface area contributed by atoms with Crippen LogP contribution in [-0.2, 0) is 16.6 Å². The molecule has 2 N–H and O–H groups in total. The number of nitrogens with one attached hydrogen (secondary N) is 2. The maximum Gasteiger partial charge on any atom is 0.255 e. The van der Waals surface area contributed by atoms with Crippen molar-refractivity contribution >= 4 is 33.2 Å². The Hall–Kier alpha value is -2.67. The summed E-state index contributed by atoms with van der Waals surface area (Å²) in [5, 5.41) is 3.33. The van der Waals surface area contributed by atoms with Crippen molar-refractivity contribution in [2.75, 3.05) is 5.32 Å². The number of hydrogen-bond donors (Lipinski definition) is 2. The molecule has 5 nitrogen and oxygen atoms in total. The third kappa shape index (κ3) is 4.98. The van der Waals surface area contributed by atoms with Gasteiger partial charge in [-0.15, -0.1) is 0 Å². The zero-order valence-electron chi connectivity index (χ0n) is 15.1. The Morgan fingerprint density at radius 3 is 2.29 bits per heavy atom. The number of hydrogen-bond acceptors (Lipinski definition) is 3. The minimum atomic E-state index is -3.66. The second-order valence-corrected chi connectivity index (χ2v) is 8.45. The van der Waals surface area contributed by atoms with Gasteiger partial charge in [0.15, 0.2) is 0 Å². The molecule has 0 fully saturated rings. The van der Waals surface area contributed by atoms with Gasteiger partial charge in [-0.05, 0) is 60.5 Å². The van der Waals surface area contributed by atoms with Crippen molar-refractivity contribution in [2.24, 2.45) is 0 Å². The van der Waals surface area contributed by atoms with E-state index in [1.54, 1.807) is 37.3 Å². The van der Waals surface area contributed by atoms with Crippen LogP contribution in [0.4, 0.5) is 5.69 Å². The first-order chi connectivity index (χ1) is 13.3. The Labute approximate surface area is 169 Å². The van der Waals surface area contributed by atoms with E-state index in [1.807, 2.05) is 30.3 Å². The average Bonchev–Trinajstić information content (AvgIpc) is 2.69. The van der Waals surface area contributed by atoms with Crippen LogP contribution < -0.4 is 10.0 Å². The summed E-state index contributed by atoms with van der Waals surface area (Å²) < 4.78 is 27.6. The summed E-state index contributed by atoms with van der Waals surface area (Å²) in [6.45, 7) is 1.95. The lowest BCUT2D eigenvalue weighted by Gasteiger charge is -2.12. The lowest BCUT2D eigenvalue weighted by Crippen LogP contribution is -2.23. The second-order valence-electron chi connectivity index (χ2n) is 6.25. The van der Waals surface area contributed by atoms with Crippen LogP contribution in [0.15, 0.2) is 77.7 Å². The minimum absolute atomic E-state index is 0.144. The number of carbonyl (C=O) groups excluding carboxylic acids is 1. The van der Waals surface area contributed by atoms with Crippen molar-refractivity contribution in [3.8, 4) is 0 Å².